The van der Waals surface area contributed by atoms with Crippen molar-refractivity contribution in [3.63, 3.8) is 0 Å². The first kappa shape index (κ1) is 13.1. The van der Waals surface area contributed by atoms with Gasteiger partial charge in [-0.15, -0.1) is 0 Å². The second-order valence-corrected chi connectivity index (χ2v) is 6.88. The molecule has 4 heteroatoms. The number of anilines is 1. The van der Waals surface area contributed by atoms with Crippen molar-refractivity contribution in [1.29, 1.82) is 0 Å². The number of fused-ring (bicyclic) bond motifs is 2. The van der Waals surface area contributed by atoms with Gasteiger partial charge in [0.15, 0.2) is 0 Å². The number of rotatable bonds is 2. The van der Waals surface area contributed by atoms with Crippen molar-refractivity contribution in [3.8, 4) is 11.1 Å². The maximum absolute atomic E-state index is 4.50. The topological polar surface area (TPSA) is 35.2 Å². The minimum absolute atomic E-state index is 0.731. The first-order valence-corrected chi connectivity index (χ1v) is 8.26. The number of hydrogen-bond donors (Lipinski definition) is 1. The van der Waals surface area contributed by atoms with E-state index in [0.29, 0.717) is 0 Å². The fourth-order valence-corrected chi connectivity index (χ4v) is 4.10. The molecule has 2 saturated heterocycles. The molecular formula is C19H20N4. The molecule has 23 heavy (non-hydrogen) atoms. The molecule has 2 aromatic heterocycles. The van der Waals surface area contributed by atoms with E-state index in [1.54, 1.807) is 0 Å². The molecule has 2 fully saturated rings. The predicted octanol–water partition coefficient (Wildman–Crippen LogP) is 2.98. The molecule has 1 aromatic carbocycles. The lowest BCUT2D eigenvalue weighted by molar-refractivity contribution is 0.0827. The third-order valence-electron chi connectivity index (χ3n) is 5.47. The number of likely N-dealkylation sites (tertiary alicyclic amines) is 1. The standard InChI is InChI=1S/C19H20N4/c1-22-10-16-11-23(12-19(16)22)17-7-15(8-20-9-17)13-2-3-18-14(6-13)4-5-21-18/h2-9,16,19,21H,10-12H2,1H3/t16-,19-/m0/s1. The first-order chi connectivity index (χ1) is 11.3. The van der Waals surface area contributed by atoms with E-state index in [1.807, 2.05) is 18.6 Å². The normalized spacial score (nSPS) is 24.0. The average Bonchev–Trinajstić information content (AvgIpc) is 3.18. The molecule has 0 bridgehead atoms. The van der Waals surface area contributed by atoms with Crippen molar-refractivity contribution < 1.29 is 0 Å². The van der Waals surface area contributed by atoms with Gasteiger partial charge in [0.05, 0.1) is 11.9 Å². The number of pyridine rings is 1. The van der Waals surface area contributed by atoms with Crippen LogP contribution in [0.3, 0.4) is 0 Å². The van der Waals surface area contributed by atoms with Crippen molar-refractivity contribution in [2.75, 3.05) is 31.6 Å². The van der Waals surface area contributed by atoms with Crippen LogP contribution in [0.1, 0.15) is 0 Å². The Morgan fingerprint density at radius 1 is 1.04 bits per heavy atom. The highest BCUT2D eigenvalue weighted by molar-refractivity contribution is 5.85. The van der Waals surface area contributed by atoms with Gasteiger partial charge >= 0.3 is 0 Å². The summed E-state index contributed by atoms with van der Waals surface area (Å²) >= 11 is 0. The average molecular weight is 304 g/mol. The third-order valence-corrected chi connectivity index (χ3v) is 5.47. The summed E-state index contributed by atoms with van der Waals surface area (Å²) in [5, 5.41) is 1.24. The molecule has 0 unspecified atom stereocenters. The van der Waals surface area contributed by atoms with Crippen molar-refractivity contribution >= 4 is 16.6 Å². The van der Waals surface area contributed by atoms with E-state index in [2.05, 4.69) is 57.1 Å². The summed E-state index contributed by atoms with van der Waals surface area (Å²) in [6, 6.07) is 11.7. The Hall–Kier alpha value is -2.33. The van der Waals surface area contributed by atoms with Crippen LogP contribution in [0.25, 0.3) is 22.0 Å². The Bertz CT molecular complexity index is 868. The van der Waals surface area contributed by atoms with Gasteiger partial charge in [0.25, 0.3) is 0 Å². The molecule has 0 amide bonds. The van der Waals surface area contributed by atoms with E-state index in [1.165, 1.54) is 34.3 Å². The van der Waals surface area contributed by atoms with Crippen molar-refractivity contribution in [2.45, 2.75) is 6.04 Å². The van der Waals surface area contributed by atoms with Crippen LogP contribution < -0.4 is 4.90 Å². The predicted molar refractivity (Wildman–Crippen MR) is 93.7 cm³/mol. The van der Waals surface area contributed by atoms with E-state index in [9.17, 15) is 0 Å². The second-order valence-electron chi connectivity index (χ2n) is 6.88. The van der Waals surface area contributed by atoms with Crippen LogP contribution in [0.15, 0.2) is 48.9 Å². The summed E-state index contributed by atoms with van der Waals surface area (Å²) < 4.78 is 0. The molecule has 1 N–H and O–H groups in total. The highest BCUT2D eigenvalue weighted by Crippen LogP contribution is 2.34. The van der Waals surface area contributed by atoms with Gasteiger partial charge in [0.2, 0.25) is 0 Å². The molecule has 5 rings (SSSR count). The molecule has 2 aliphatic rings. The quantitative estimate of drug-likeness (QED) is 0.790. The van der Waals surface area contributed by atoms with E-state index in [0.717, 1.165) is 25.0 Å². The summed E-state index contributed by atoms with van der Waals surface area (Å²) in [4.78, 5) is 12.7. The zero-order valence-electron chi connectivity index (χ0n) is 13.2. The molecule has 3 aromatic rings. The van der Waals surface area contributed by atoms with Gasteiger partial charge in [-0.1, -0.05) is 6.07 Å². The molecule has 0 saturated carbocycles. The van der Waals surface area contributed by atoms with Gasteiger partial charge in [0.1, 0.15) is 0 Å². The lowest BCUT2D eigenvalue weighted by Gasteiger charge is -2.40. The molecule has 4 nitrogen and oxygen atoms in total. The Balaban J connectivity index is 1.48. The zero-order chi connectivity index (χ0) is 15.4. The van der Waals surface area contributed by atoms with Gasteiger partial charge in [-0.2, -0.15) is 0 Å². The smallest absolute Gasteiger partial charge is 0.0559 e. The van der Waals surface area contributed by atoms with Gasteiger partial charge in [-0.05, 0) is 42.3 Å². The van der Waals surface area contributed by atoms with Gasteiger partial charge in [-0.3, -0.25) is 4.98 Å². The minimum atomic E-state index is 0.731. The molecule has 2 atom stereocenters. The number of aromatic amines is 1. The third kappa shape index (κ3) is 2.05. The molecule has 2 aliphatic heterocycles. The molecular weight excluding hydrogens is 284 g/mol. The van der Waals surface area contributed by atoms with Crippen LogP contribution in [0.4, 0.5) is 5.69 Å². The van der Waals surface area contributed by atoms with Crippen LogP contribution in [0, 0.1) is 5.92 Å². The SMILES string of the molecule is CN1C[C@H]2CN(c3cncc(-c4ccc5[nH]ccc5c4)c3)C[C@@H]21. The molecule has 0 aliphatic carbocycles. The summed E-state index contributed by atoms with van der Waals surface area (Å²) in [5.41, 5.74) is 4.85. The summed E-state index contributed by atoms with van der Waals surface area (Å²) in [5.74, 6) is 0.833. The van der Waals surface area contributed by atoms with Gasteiger partial charge in [0, 0.05) is 55.1 Å². The number of aromatic nitrogens is 2. The lowest BCUT2D eigenvalue weighted by Crippen LogP contribution is -2.52. The Morgan fingerprint density at radius 3 is 2.87 bits per heavy atom. The largest absolute Gasteiger partial charge is 0.368 e. The zero-order valence-corrected chi connectivity index (χ0v) is 13.2. The highest BCUT2D eigenvalue weighted by atomic mass is 15.3. The number of nitrogens with zero attached hydrogens (tertiary/aromatic N) is 3. The van der Waals surface area contributed by atoms with Crippen LogP contribution in [-0.4, -0.2) is 47.6 Å². The Kier molecular flexibility index (Phi) is 2.76. The summed E-state index contributed by atoms with van der Waals surface area (Å²) in [6.45, 7) is 3.53. The maximum Gasteiger partial charge on any atom is 0.0559 e. The van der Waals surface area contributed by atoms with Gasteiger partial charge < -0.3 is 14.8 Å². The maximum atomic E-state index is 4.50. The molecule has 116 valence electrons. The van der Waals surface area contributed by atoms with Crippen molar-refractivity contribution in [3.05, 3.63) is 48.9 Å². The van der Waals surface area contributed by atoms with E-state index in [4.69, 9.17) is 0 Å². The van der Waals surface area contributed by atoms with Crippen LogP contribution in [0.5, 0.6) is 0 Å². The first-order valence-electron chi connectivity index (χ1n) is 8.26. The van der Waals surface area contributed by atoms with Crippen LogP contribution >= 0.6 is 0 Å². The van der Waals surface area contributed by atoms with Gasteiger partial charge in [-0.25, -0.2) is 0 Å². The van der Waals surface area contributed by atoms with E-state index < -0.39 is 0 Å². The van der Waals surface area contributed by atoms with Crippen molar-refractivity contribution in [1.82, 2.24) is 14.9 Å². The second kappa shape index (κ2) is 4.83. The van der Waals surface area contributed by atoms with E-state index in [-0.39, 0.29) is 0 Å². The van der Waals surface area contributed by atoms with Crippen molar-refractivity contribution in [2.24, 2.45) is 5.92 Å². The number of likely N-dealkylation sites (N-methyl/N-ethyl adjacent to an activating group) is 1. The van der Waals surface area contributed by atoms with Crippen LogP contribution in [0.2, 0.25) is 0 Å². The number of hydrogen-bond acceptors (Lipinski definition) is 3. The molecule has 0 radical (unpaired) electrons. The highest BCUT2D eigenvalue weighted by Gasteiger charge is 2.43. The Morgan fingerprint density at radius 2 is 2.00 bits per heavy atom. The number of nitrogens with one attached hydrogen (secondary N) is 1. The minimum Gasteiger partial charge on any atom is -0.368 e. The fourth-order valence-electron chi connectivity index (χ4n) is 4.10. The summed E-state index contributed by atoms with van der Waals surface area (Å²) in [7, 11) is 2.23. The molecule has 0 spiro atoms. The Labute approximate surface area is 135 Å². The number of H-pyrrole nitrogens is 1. The number of benzene rings is 1. The monoisotopic (exact) mass is 304 g/mol. The fraction of sp³-hybridized carbons (Fsp3) is 0.316. The molecule has 4 heterocycles. The summed E-state index contributed by atoms with van der Waals surface area (Å²) in [6.07, 6.45) is 5.96. The van der Waals surface area contributed by atoms with E-state index >= 15 is 0 Å². The lowest BCUT2D eigenvalue weighted by atomic mass is 9.93. The van der Waals surface area contributed by atoms with Crippen LogP contribution in [-0.2, 0) is 0 Å².